The number of nitrogens with zero attached hydrogens (tertiary/aromatic N) is 1. The SMILES string of the molecule is CS(=O)(=O)C1CCC(C#N)(C=O)C1. The third-order valence-corrected chi connectivity index (χ3v) is 4.17. The van der Waals surface area contributed by atoms with Gasteiger partial charge in [-0.3, -0.25) is 0 Å². The van der Waals surface area contributed by atoms with Crippen molar-refractivity contribution in [3.05, 3.63) is 0 Å². The van der Waals surface area contributed by atoms with E-state index in [1.54, 1.807) is 0 Å². The van der Waals surface area contributed by atoms with Crippen LogP contribution in [0.3, 0.4) is 0 Å². The van der Waals surface area contributed by atoms with Gasteiger partial charge >= 0.3 is 0 Å². The van der Waals surface area contributed by atoms with Gasteiger partial charge in [0, 0.05) is 6.26 Å². The number of nitriles is 1. The van der Waals surface area contributed by atoms with Crippen LogP contribution >= 0.6 is 0 Å². The Morgan fingerprint density at radius 1 is 1.62 bits per heavy atom. The Morgan fingerprint density at radius 3 is 2.46 bits per heavy atom. The van der Waals surface area contributed by atoms with Crippen LogP contribution in [0.5, 0.6) is 0 Å². The first-order valence-electron chi connectivity index (χ1n) is 4.00. The zero-order valence-electron chi connectivity index (χ0n) is 7.36. The predicted octanol–water partition coefficient (Wildman–Crippen LogP) is 0.292. The topological polar surface area (TPSA) is 75.0 Å². The van der Waals surface area contributed by atoms with E-state index in [0.29, 0.717) is 19.1 Å². The average molecular weight is 201 g/mol. The monoisotopic (exact) mass is 201 g/mol. The Morgan fingerprint density at radius 2 is 2.23 bits per heavy atom. The van der Waals surface area contributed by atoms with E-state index in [4.69, 9.17) is 5.26 Å². The van der Waals surface area contributed by atoms with Crippen LogP contribution in [0.4, 0.5) is 0 Å². The van der Waals surface area contributed by atoms with Gasteiger partial charge in [-0.25, -0.2) is 8.42 Å². The van der Waals surface area contributed by atoms with Crippen LogP contribution in [0.1, 0.15) is 19.3 Å². The van der Waals surface area contributed by atoms with Crippen molar-refractivity contribution in [2.45, 2.75) is 24.5 Å². The lowest BCUT2D eigenvalue weighted by atomic mass is 9.90. The van der Waals surface area contributed by atoms with Crippen molar-refractivity contribution in [2.24, 2.45) is 5.41 Å². The number of carbonyl (C=O) groups excluding carboxylic acids is 1. The molecule has 0 saturated heterocycles. The standard InChI is InChI=1S/C8H11NO3S/c1-13(11,12)7-2-3-8(4-7,5-9)6-10/h6-7H,2-4H2,1H3. The quantitative estimate of drug-likeness (QED) is 0.602. The zero-order valence-corrected chi connectivity index (χ0v) is 8.17. The number of aldehydes is 1. The molecule has 5 heteroatoms. The van der Waals surface area contributed by atoms with Crippen molar-refractivity contribution in [3.8, 4) is 6.07 Å². The molecule has 1 aliphatic rings. The van der Waals surface area contributed by atoms with Crippen LogP contribution in [0, 0.1) is 16.7 Å². The summed E-state index contributed by atoms with van der Waals surface area (Å²) >= 11 is 0. The van der Waals surface area contributed by atoms with E-state index in [1.165, 1.54) is 0 Å². The number of hydrogen-bond acceptors (Lipinski definition) is 4. The van der Waals surface area contributed by atoms with Gasteiger partial charge in [-0.1, -0.05) is 0 Å². The molecular weight excluding hydrogens is 190 g/mol. The molecule has 0 aromatic carbocycles. The first kappa shape index (κ1) is 10.2. The Hall–Kier alpha value is -0.890. The van der Waals surface area contributed by atoms with E-state index in [2.05, 4.69) is 0 Å². The Labute approximate surface area is 77.5 Å². The van der Waals surface area contributed by atoms with Crippen LogP contribution in [0.25, 0.3) is 0 Å². The molecule has 0 N–H and O–H groups in total. The Kier molecular flexibility index (Phi) is 2.44. The second-order valence-electron chi connectivity index (χ2n) is 3.58. The summed E-state index contributed by atoms with van der Waals surface area (Å²) in [5, 5.41) is 8.21. The molecule has 4 nitrogen and oxygen atoms in total. The number of carbonyl (C=O) groups is 1. The molecule has 0 aromatic heterocycles. The molecule has 0 radical (unpaired) electrons. The number of rotatable bonds is 2. The minimum Gasteiger partial charge on any atom is -0.302 e. The molecule has 1 rings (SSSR count). The number of sulfone groups is 1. The molecule has 0 aliphatic heterocycles. The first-order chi connectivity index (χ1) is 5.93. The van der Waals surface area contributed by atoms with Gasteiger partial charge in [-0.15, -0.1) is 0 Å². The summed E-state index contributed by atoms with van der Waals surface area (Å²) in [6.45, 7) is 0. The largest absolute Gasteiger partial charge is 0.302 e. The highest BCUT2D eigenvalue weighted by Crippen LogP contribution is 2.38. The minimum atomic E-state index is -3.10. The second kappa shape index (κ2) is 3.11. The molecule has 1 fully saturated rings. The molecular formula is C8H11NO3S. The molecule has 0 spiro atoms. The highest BCUT2D eigenvalue weighted by atomic mass is 32.2. The van der Waals surface area contributed by atoms with E-state index in [9.17, 15) is 13.2 Å². The van der Waals surface area contributed by atoms with Crippen molar-refractivity contribution in [1.29, 1.82) is 5.26 Å². The van der Waals surface area contributed by atoms with E-state index < -0.39 is 20.5 Å². The summed E-state index contributed by atoms with van der Waals surface area (Å²) in [7, 11) is -3.10. The molecule has 13 heavy (non-hydrogen) atoms. The van der Waals surface area contributed by atoms with Crippen LogP contribution in [-0.2, 0) is 14.6 Å². The maximum absolute atomic E-state index is 11.1. The molecule has 0 amide bonds. The van der Waals surface area contributed by atoms with Gasteiger partial charge in [0.1, 0.15) is 21.5 Å². The lowest BCUT2D eigenvalue weighted by Crippen LogP contribution is -2.21. The van der Waals surface area contributed by atoms with Crippen LogP contribution < -0.4 is 0 Å². The lowest BCUT2D eigenvalue weighted by Gasteiger charge is -2.11. The summed E-state index contributed by atoms with van der Waals surface area (Å²) in [6, 6.07) is 1.90. The van der Waals surface area contributed by atoms with E-state index in [0.717, 1.165) is 6.26 Å². The summed E-state index contributed by atoms with van der Waals surface area (Å²) < 4.78 is 22.3. The van der Waals surface area contributed by atoms with Crippen molar-refractivity contribution >= 4 is 16.1 Å². The van der Waals surface area contributed by atoms with Crippen LogP contribution in [0.2, 0.25) is 0 Å². The van der Waals surface area contributed by atoms with Crippen LogP contribution in [-0.4, -0.2) is 26.2 Å². The third kappa shape index (κ3) is 1.89. The molecule has 72 valence electrons. The molecule has 2 atom stereocenters. The van der Waals surface area contributed by atoms with Gasteiger partial charge in [0.05, 0.1) is 11.3 Å². The maximum atomic E-state index is 11.1. The predicted molar refractivity (Wildman–Crippen MR) is 46.6 cm³/mol. The lowest BCUT2D eigenvalue weighted by molar-refractivity contribution is -0.113. The van der Waals surface area contributed by atoms with E-state index in [1.807, 2.05) is 6.07 Å². The van der Waals surface area contributed by atoms with Gasteiger partial charge in [0.2, 0.25) is 0 Å². The van der Waals surface area contributed by atoms with Crippen molar-refractivity contribution in [2.75, 3.05) is 6.26 Å². The van der Waals surface area contributed by atoms with Crippen molar-refractivity contribution < 1.29 is 13.2 Å². The molecule has 1 saturated carbocycles. The molecule has 2 unspecified atom stereocenters. The van der Waals surface area contributed by atoms with Crippen LogP contribution in [0.15, 0.2) is 0 Å². The summed E-state index contributed by atoms with van der Waals surface area (Å²) in [4.78, 5) is 10.6. The van der Waals surface area contributed by atoms with E-state index in [-0.39, 0.29) is 6.42 Å². The van der Waals surface area contributed by atoms with Gasteiger partial charge in [-0.2, -0.15) is 5.26 Å². The zero-order chi connectivity index (χ0) is 10.1. The third-order valence-electron chi connectivity index (χ3n) is 2.56. The smallest absolute Gasteiger partial charge is 0.150 e. The van der Waals surface area contributed by atoms with Gasteiger partial charge in [-0.05, 0) is 19.3 Å². The fourth-order valence-corrected chi connectivity index (χ4v) is 2.78. The molecule has 0 heterocycles. The highest BCUT2D eigenvalue weighted by Gasteiger charge is 2.43. The fraction of sp³-hybridized carbons (Fsp3) is 0.750. The molecule has 1 aliphatic carbocycles. The average Bonchev–Trinajstić information content (AvgIpc) is 2.48. The Balaban J connectivity index is 2.87. The normalized spacial score (nSPS) is 34.0. The van der Waals surface area contributed by atoms with Gasteiger partial charge in [0.15, 0.2) is 0 Å². The van der Waals surface area contributed by atoms with Crippen molar-refractivity contribution in [3.63, 3.8) is 0 Å². The first-order valence-corrected chi connectivity index (χ1v) is 5.95. The molecule has 0 bridgehead atoms. The number of hydrogen-bond donors (Lipinski definition) is 0. The van der Waals surface area contributed by atoms with Gasteiger partial charge < -0.3 is 4.79 Å². The summed E-state index contributed by atoms with van der Waals surface area (Å²) in [6.07, 6.45) is 2.68. The Bertz CT molecular complexity index is 354. The fourth-order valence-electron chi connectivity index (χ4n) is 1.63. The second-order valence-corrected chi connectivity index (χ2v) is 5.91. The van der Waals surface area contributed by atoms with Crippen molar-refractivity contribution in [1.82, 2.24) is 0 Å². The molecule has 0 aromatic rings. The summed E-state index contributed by atoms with van der Waals surface area (Å²) in [5.41, 5.74) is -1.05. The highest BCUT2D eigenvalue weighted by molar-refractivity contribution is 7.91. The van der Waals surface area contributed by atoms with E-state index >= 15 is 0 Å². The minimum absolute atomic E-state index is 0.159. The van der Waals surface area contributed by atoms with Gasteiger partial charge in [0.25, 0.3) is 0 Å². The summed E-state index contributed by atoms with van der Waals surface area (Å²) in [5.74, 6) is 0. The maximum Gasteiger partial charge on any atom is 0.150 e.